The second-order valence-electron chi connectivity index (χ2n) is 7.21. The third-order valence-electron chi connectivity index (χ3n) is 5.92. The van der Waals surface area contributed by atoms with Gasteiger partial charge in [0.1, 0.15) is 5.82 Å². The van der Waals surface area contributed by atoms with E-state index in [0.29, 0.717) is 25.7 Å². The van der Waals surface area contributed by atoms with Crippen LogP contribution >= 0.6 is 0 Å². The van der Waals surface area contributed by atoms with Gasteiger partial charge in [-0.2, -0.15) is 5.26 Å². The zero-order chi connectivity index (χ0) is 18.3. The summed E-state index contributed by atoms with van der Waals surface area (Å²) in [5, 5.41) is 9.64. The Kier molecular flexibility index (Phi) is 4.36. The average Bonchev–Trinajstić information content (AvgIpc) is 3.36. The van der Waals surface area contributed by atoms with E-state index in [-0.39, 0.29) is 10.6 Å². The van der Waals surface area contributed by atoms with Gasteiger partial charge in [0.2, 0.25) is 5.91 Å². The van der Waals surface area contributed by atoms with Crippen LogP contribution in [0.3, 0.4) is 0 Å². The predicted octanol–water partition coefficient (Wildman–Crippen LogP) is 2.57. The van der Waals surface area contributed by atoms with Crippen molar-refractivity contribution in [3.05, 3.63) is 30.1 Å². The summed E-state index contributed by atoms with van der Waals surface area (Å²) in [6.07, 6.45) is 3.74. The van der Waals surface area contributed by atoms with Crippen molar-refractivity contribution in [1.82, 2.24) is 0 Å². The van der Waals surface area contributed by atoms with Crippen LogP contribution in [0.1, 0.15) is 38.5 Å². The lowest BCUT2D eigenvalue weighted by Gasteiger charge is -2.45. The molecule has 0 aliphatic heterocycles. The Bertz CT molecular complexity index is 825. The molecule has 2 unspecified atom stereocenters. The first kappa shape index (κ1) is 17.9. The maximum Gasteiger partial charge on any atom is 0.225 e. The van der Waals surface area contributed by atoms with Gasteiger partial charge in [0.05, 0.1) is 27.5 Å². The summed E-state index contributed by atoms with van der Waals surface area (Å²) in [7, 11) is -3.71. The Hall–Kier alpha value is -1.94. The fraction of sp³-hybridized carbons (Fsp3) is 0.556. The summed E-state index contributed by atoms with van der Waals surface area (Å²) in [6.45, 7) is 0. The minimum Gasteiger partial charge on any atom is -0.369 e. The molecule has 2 aliphatic rings. The Labute approximate surface area is 146 Å². The number of hydrogen-bond donors (Lipinski definition) is 1. The molecule has 0 bridgehead atoms. The van der Waals surface area contributed by atoms with Gasteiger partial charge in [0.15, 0.2) is 9.84 Å². The van der Waals surface area contributed by atoms with E-state index >= 15 is 0 Å². The molecule has 25 heavy (non-hydrogen) atoms. The highest BCUT2D eigenvalue weighted by atomic mass is 32.2. The molecule has 2 aliphatic carbocycles. The predicted molar refractivity (Wildman–Crippen MR) is 89.3 cm³/mol. The summed E-state index contributed by atoms with van der Waals surface area (Å²) >= 11 is 0. The van der Waals surface area contributed by atoms with Crippen molar-refractivity contribution < 1.29 is 17.6 Å². The summed E-state index contributed by atoms with van der Waals surface area (Å²) in [5.74, 6) is -1.81. The standard InChI is InChI=1S/C18H21FN2O3S/c19-14-4-6-15(7-5-14)25(23,24)11-13-3-1-2-8-18(13,16(21)22)17(12-20)9-10-17/h4-7,13H,1-3,8-11H2,(H2,21,22). The minimum atomic E-state index is -3.71. The van der Waals surface area contributed by atoms with Crippen LogP contribution < -0.4 is 5.73 Å². The third kappa shape index (κ3) is 2.82. The van der Waals surface area contributed by atoms with E-state index in [4.69, 9.17) is 5.73 Å². The number of carbonyl (C=O) groups excluding carboxylic acids is 1. The molecule has 1 aromatic carbocycles. The van der Waals surface area contributed by atoms with Crippen molar-refractivity contribution in [2.45, 2.75) is 43.4 Å². The highest BCUT2D eigenvalue weighted by Gasteiger charge is 2.66. The van der Waals surface area contributed by atoms with Crippen LogP contribution in [0, 0.1) is 33.9 Å². The van der Waals surface area contributed by atoms with Gasteiger partial charge in [-0.15, -0.1) is 0 Å². The number of amides is 1. The summed E-state index contributed by atoms with van der Waals surface area (Å²) in [4.78, 5) is 12.5. The molecule has 2 saturated carbocycles. The fourth-order valence-corrected chi connectivity index (χ4v) is 6.17. The number of carbonyl (C=O) groups is 1. The number of nitriles is 1. The minimum absolute atomic E-state index is 0.0275. The lowest BCUT2D eigenvalue weighted by atomic mass is 9.58. The molecule has 2 atom stereocenters. The second-order valence-corrected chi connectivity index (χ2v) is 9.24. The quantitative estimate of drug-likeness (QED) is 0.811. The van der Waals surface area contributed by atoms with Crippen molar-refractivity contribution in [3.63, 3.8) is 0 Å². The number of primary amides is 1. The Morgan fingerprint density at radius 1 is 1.24 bits per heavy atom. The molecule has 5 nitrogen and oxygen atoms in total. The van der Waals surface area contributed by atoms with E-state index < -0.39 is 38.3 Å². The molecule has 0 spiro atoms. The van der Waals surface area contributed by atoms with Crippen molar-refractivity contribution in [2.75, 3.05) is 5.75 Å². The van der Waals surface area contributed by atoms with Gasteiger partial charge in [-0.1, -0.05) is 12.8 Å². The molecule has 1 amide bonds. The molecule has 0 saturated heterocycles. The molecular weight excluding hydrogens is 343 g/mol. The van der Waals surface area contributed by atoms with E-state index in [0.717, 1.165) is 25.0 Å². The number of nitrogens with zero attached hydrogens (tertiary/aromatic N) is 1. The largest absolute Gasteiger partial charge is 0.369 e. The van der Waals surface area contributed by atoms with E-state index in [9.17, 15) is 22.9 Å². The number of nitrogens with two attached hydrogens (primary N) is 1. The molecule has 3 rings (SSSR count). The molecule has 0 heterocycles. The maximum absolute atomic E-state index is 13.1. The normalized spacial score (nSPS) is 28.1. The van der Waals surface area contributed by atoms with Crippen LogP contribution in [-0.2, 0) is 14.6 Å². The van der Waals surface area contributed by atoms with E-state index in [1.54, 1.807) is 0 Å². The lowest BCUT2D eigenvalue weighted by molar-refractivity contribution is -0.136. The monoisotopic (exact) mass is 364 g/mol. The van der Waals surface area contributed by atoms with Crippen LogP contribution in [-0.4, -0.2) is 20.1 Å². The highest BCUT2D eigenvalue weighted by Crippen LogP contribution is 2.65. The average molecular weight is 364 g/mol. The van der Waals surface area contributed by atoms with Crippen molar-refractivity contribution >= 4 is 15.7 Å². The molecule has 1 aromatic rings. The van der Waals surface area contributed by atoms with Crippen LogP contribution in [0.4, 0.5) is 4.39 Å². The van der Waals surface area contributed by atoms with Gasteiger partial charge in [0, 0.05) is 0 Å². The maximum atomic E-state index is 13.1. The molecule has 0 aromatic heterocycles. The Balaban J connectivity index is 1.98. The number of benzene rings is 1. The first-order valence-corrected chi connectivity index (χ1v) is 10.1. The molecule has 2 fully saturated rings. The molecule has 0 radical (unpaired) electrons. The van der Waals surface area contributed by atoms with Crippen LogP contribution in [0.5, 0.6) is 0 Å². The molecule has 7 heteroatoms. The van der Waals surface area contributed by atoms with Gasteiger partial charge >= 0.3 is 0 Å². The summed E-state index contributed by atoms with van der Waals surface area (Å²) < 4.78 is 38.7. The van der Waals surface area contributed by atoms with Gasteiger partial charge in [0.25, 0.3) is 0 Å². The second kappa shape index (κ2) is 6.10. The first-order chi connectivity index (χ1) is 11.8. The topological polar surface area (TPSA) is 101 Å². The van der Waals surface area contributed by atoms with Crippen molar-refractivity contribution in [3.8, 4) is 6.07 Å². The fourth-order valence-electron chi connectivity index (χ4n) is 4.45. The van der Waals surface area contributed by atoms with Crippen LogP contribution in [0.25, 0.3) is 0 Å². The lowest BCUT2D eigenvalue weighted by Crippen LogP contribution is -2.53. The summed E-state index contributed by atoms with van der Waals surface area (Å²) in [5.41, 5.74) is 3.82. The van der Waals surface area contributed by atoms with Crippen LogP contribution in [0.15, 0.2) is 29.2 Å². The SMILES string of the molecule is N#CC1(C2(C(N)=O)CCCCC2CS(=O)(=O)c2ccc(F)cc2)CC1. The zero-order valence-corrected chi connectivity index (χ0v) is 14.7. The Morgan fingerprint density at radius 3 is 2.40 bits per heavy atom. The van der Waals surface area contributed by atoms with Crippen LogP contribution in [0.2, 0.25) is 0 Å². The van der Waals surface area contributed by atoms with Gasteiger partial charge in [-0.25, -0.2) is 12.8 Å². The van der Waals surface area contributed by atoms with Gasteiger partial charge in [-0.05, 0) is 55.9 Å². The number of halogens is 1. The smallest absolute Gasteiger partial charge is 0.225 e. The van der Waals surface area contributed by atoms with E-state index in [1.807, 2.05) is 0 Å². The third-order valence-corrected chi connectivity index (χ3v) is 7.75. The first-order valence-electron chi connectivity index (χ1n) is 8.47. The Morgan fingerprint density at radius 2 is 1.88 bits per heavy atom. The number of hydrogen-bond acceptors (Lipinski definition) is 4. The molecule has 2 N–H and O–H groups in total. The number of rotatable bonds is 5. The van der Waals surface area contributed by atoms with Crippen molar-refractivity contribution in [2.24, 2.45) is 22.5 Å². The summed E-state index contributed by atoms with van der Waals surface area (Å²) in [6, 6.07) is 6.94. The number of sulfone groups is 1. The van der Waals surface area contributed by atoms with Gasteiger partial charge in [-0.3, -0.25) is 4.79 Å². The van der Waals surface area contributed by atoms with E-state index in [1.165, 1.54) is 12.1 Å². The molecule has 134 valence electrons. The van der Waals surface area contributed by atoms with E-state index in [2.05, 4.69) is 6.07 Å². The zero-order valence-electron chi connectivity index (χ0n) is 13.9. The molecular formula is C18H21FN2O3S. The highest BCUT2D eigenvalue weighted by molar-refractivity contribution is 7.91. The van der Waals surface area contributed by atoms with Gasteiger partial charge < -0.3 is 5.73 Å². The van der Waals surface area contributed by atoms with Crippen molar-refractivity contribution in [1.29, 1.82) is 5.26 Å².